The third kappa shape index (κ3) is 3.44. The third-order valence-corrected chi connectivity index (χ3v) is 5.22. The number of hydrogen-bond acceptors (Lipinski definition) is 3. The van der Waals surface area contributed by atoms with Crippen LogP contribution in [0.1, 0.15) is 28.2 Å². The molecule has 1 aromatic carbocycles. The number of aryl methyl sites for hydroxylation is 1. The molecule has 1 aliphatic rings. The van der Waals surface area contributed by atoms with Gasteiger partial charge in [-0.1, -0.05) is 0 Å². The lowest BCUT2D eigenvalue weighted by Gasteiger charge is -2.16. The van der Waals surface area contributed by atoms with Gasteiger partial charge in [-0.15, -0.1) is 12.4 Å². The predicted octanol–water partition coefficient (Wildman–Crippen LogP) is 2.85. The summed E-state index contributed by atoms with van der Waals surface area (Å²) in [5, 5.41) is 4.50. The number of likely N-dealkylation sites (tertiary alicyclic amines) is 1. The number of amides is 1. The first-order chi connectivity index (χ1) is 10.5. The van der Waals surface area contributed by atoms with E-state index in [-0.39, 0.29) is 24.4 Å². The first kappa shape index (κ1) is 18.0. The molecule has 3 rings (SSSR count). The van der Waals surface area contributed by atoms with Crippen LogP contribution in [-0.4, -0.2) is 39.7 Å². The molecule has 1 saturated heterocycles. The van der Waals surface area contributed by atoms with Crippen molar-refractivity contribution in [3.63, 3.8) is 0 Å². The van der Waals surface area contributed by atoms with Crippen LogP contribution in [0.3, 0.4) is 0 Å². The van der Waals surface area contributed by atoms with Gasteiger partial charge in [0, 0.05) is 24.7 Å². The SMILES string of the molecule is Cc1nn(-c2ccc(C(=O)N3CC[C@@H](N)C3)cc2)c(C)c1Br.Cl. The normalized spacial score (nSPS) is 17.2. The minimum Gasteiger partial charge on any atom is -0.337 e. The number of halogens is 2. The van der Waals surface area contributed by atoms with Crippen LogP contribution < -0.4 is 5.73 Å². The van der Waals surface area contributed by atoms with Crippen LogP contribution >= 0.6 is 28.3 Å². The highest BCUT2D eigenvalue weighted by Gasteiger charge is 2.24. The van der Waals surface area contributed by atoms with Gasteiger partial charge in [0.2, 0.25) is 0 Å². The second-order valence-electron chi connectivity index (χ2n) is 5.74. The Bertz CT molecular complexity index is 714. The van der Waals surface area contributed by atoms with Gasteiger partial charge in [0.05, 0.1) is 21.5 Å². The second kappa shape index (κ2) is 7.03. The summed E-state index contributed by atoms with van der Waals surface area (Å²) in [5.41, 5.74) is 9.49. The Morgan fingerprint density at radius 3 is 2.43 bits per heavy atom. The molecule has 1 aliphatic heterocycles. The number of hydrogen-bond donors (Lipinski definition) is 1. The van der Waals surface area contributed by atoms with E-state index >= 15 is 0 Å². The molecule has 1 fully saturated rings. The maximum absolute atomic E-state index is 12.4. The molecule has 0 bridgehead atoms. The summed E-state index contributed by atoms with van der Waals surface area (Å²) < 4.78 is 2.89. The highest BCUT2D eigenvalue weighted by atomic mass is 79.9. The number of carbonyl (C=O) groups is 1. The average molecular weight is 400 g/mol. The van der Waals surface area contributed by atoms with Crippen molar-refractivity contribution in [3.05, 3.63) is 45.7 Å². The molecule has 23 heavy (non-hydrogen) atoms. The first-order valence-corrected chi connectivity index (χ1v) is 8.13. The summed E-state index contributed by atoms with van der Waals surface area (Å²) in [6, 6.07) is 7.66. The fourth-order valence-corrected chi connectivity index (χ4v) is 3.02. The standard InChI is InChI=1S/C16H19BrN4O.ClH/c1-10-15(17)11(2)21(19-10)14-5-3-12(4-6-14)16(22)20-8-7-13(18)9-20;/h3-6,13H,7-9,18H2,1-2H3;1H/t13-;/m1./s1. The molecule has 7 heteroatoms. The van der Waals surface area contributed by atoms with Gasteiger partial charge in [-0.25, -0.2) is 4.68 Å². The molecule has 1 aromatic heterocycles. The van der Waals surface area contributed by atoms with E-state index in [4.69, 9.17) is 5.73 Å². The van der Waals surface area contributed by atoms with Crippen molar-refractivity contribution in [2.45, 2.75) is 26.3 Å². The lowest BCUT2D eigenvalue weighted by molar-refractivity contribution is 0.0791. The lowest BCUT2D eigenvalue weighted by atomic mass is 10.2. The molecule has 0 saturated carbocycles. The fourth-order valence-electron chi connectivity index (χ4n) is 2.77. The molecular formula is C16H20BrClN4O. The number of nitrogens with two attached hydrogens (primary N) is 1. The topological polar surface area (TPSA) is 64.2 Å². The van der Waals surface area contributed by atoms with Crippen molar-refractivity contribution >= 4 is 34.2 Å². The van der Waals surface area contributed by atoms with Crippen molar-refractivity contribution < 1.29 is 4.79 Å². The Labute approximate surface area is 150 Å². The molecule has 2 aromatic rings. The minimum absolute atomic E-state index is 0. The summed E-state index contributed by atoms with van der Waals surface area (Å²) in [7, 11) is 0. The Morgan fingerprint density at radius 2 is 1.96 bits per heavy atom. The van der Waals surface area contributed by atoms with E-state index in [9.17, 15) is 4.79 Å². The van der Waals surface area contributed by atoms with E-state index in [0.29, 0.717) is 12.1 Å². The molecule has 1 atom stereocenters. The Kier molecular flexibility index (Phi) is 5.49. The second-order valence-corrected chi connectivity index (χ2v) is 6.54. The highest BCUT2D eigenvalue weighted by molar-refractivity contribution is 9.10. The van der Waals surface area contributed by atoms with Crippen LogP contribution in [0, 0.1) is 13.8 Å². The van der Waals surface area contributed by atoms with E-state index < -0.39 is 0 Å². The number of aromatic nitrogens is 2. The van der Waals surface area contributed by atoms with Crippen molar-refractivity contribution in [3.8, 4) is 5.69 Å². The van der Waals surface area contributed by atoms with E-state index in [1.54, 1.807) is 0 Å². The van der Waals surface area contributed by atoms with E-state index in [0.717, 1.165) is 34.5 Å². The number of nitrogens with zero attached hydrogens (tertiary/aromatic N) is 3. The zero-order chi connectivity index (χ0) is 15.9. The summed E-state index contributed by atoms with van der Waals surface area (Å²) in [6.45, 7) is 5.36. The fraction of sp³-hybridized carbons (Fsp3) is 0.375. The van der Waals surface area contributed by atoms with Crippen LogP contribution in [-0.2, 0) is 0 Å². The molecule has 0 aliphatic carbocycles. The Morgan fingerprint density at radius 1 is 1.30 bits per heavy atom. The van der Waals surface area contributed by atoms with Crippen molar-refractivity contribution in [2.75, 3.05) is 13.1 Å². The van der Waals surface area contributed by atoms with Crippen molar-refractivity contribution in [1.29, 1.82) is 0 Å². The third-order valence-electron chi connectivity index (χ3n) is 4.07. The van der Waals surface area contributed by atoms with E-state index in [2.05, 4.69) is 21.0 Å². The van der Waals surface area contributed by atoms with Gasteiger partial charge in [-0.05, 0) is 60.5 Å². The molecule has 5 nitrogen and oxygen atoms in total. The summed E-state index contributed by atoms with van der Waals surface area (Å²) in [5.74, 6) is 0.0500. The Balaban J connectivity index is 0.00000192. The van der Waals surface area contributed by atoms with E-state index in [1.165, 1.54) is 0 Å². The summed E-state index contributed by atoms with van der Waals surface area (Å²) >= 11 is 3.53. The number of benzene rings is 1. The molecule has 0 radical (unpaired) electrons. The quantitative estimate of drug-likeness (QED) is 0.844. The van der Waals surface area contributed by atoms with Crippen LogP contribution in [0.25, 0.3) is 5.69 Å². The molecule has 0 unspecified atom stereocenters. The molecule has 2 heterocycles. The van der Waals surface area contributed by atoms with Gasteiger partial charge >= 0.3 is 0 Å². The summed E-state index contributed by atoms with van der Waals surface area (Å²) in [4.78, 5) is 14.2. The predicted molar refractivity (Wildman–Crippen MR) is 96.5 cm³/mol. The van der Waals surface area contributed by atoms with Gasteiger partial charge in [-0.2, -0.15) is 5.10 Å². The van der Waals surface area contributed by atoms with Crippen LogP contribution in [0.2, 0.25) is 0 Å². The lowest BCUT2D eigenvalue weighted by Crippen LogP contribution is -2.31. The minimum atomic E-state index is 0. The molecule has 124 valence electrons. The smallest absolute Gasteiger partial charge is 0.253 e. The summed E-state index contributed by atoms with van der Waals surface area (Å²) in [6.07, 6.45) is 0.879. The van der Waals surface area contributed by atoms with Crippen molar-refractivity contribution in [2.24, 2.45) is 5.73 Å². The van der Waals surface area contributed by atoms with Gasteiger partial charge in [0.15, 0.2) is 0 Å². The largest absolute Gasteiger partial charge is 0.337 e. The van der Waals surface area contributed by atoms with Crippen molar-refractivity contribution in [1.82, 2.24) is 14.7 Å². The monoisotopic (exact) mass is 398 g/mol. The van der Waals surface area contributed by atoms with Gasteiger partial charge < -0.3 is 10.6 Å². The molecule has 1 amide bonds. The zero-order valence-electron chi connectivity index (χ0n) is 13.1. The van der Waals surface area contributed by atoms with Crippen LogP contribution in [0.4, 0.5) is 0 Å². The van der Waals surface area contributed by atoms with Crippen LogP contribution in [0.15, 0.2) is 28.7 Å². The van der Waals surface area contributed by atoms with Crippen LogP contribution in [0.5, 0.6) is 0 Å². The van der Waals surface area contributed by atoms with Gasteiger partial charge in [0.1, 0.15) is 0 Å². The molecular weight excluding hydrogens is 380 g/mol. The average Bonchev–Trinajstić information content (AvgIpc) is 3.06. The number of carbonyl (C=O) groups excluding carboxylic acids is 1. The Hall–Kier alpha value is -1.37. The molecule has 0 spiro atoms. The van der Waals surface area contributed by atoms with Gasteiger partial charge in [-0.3, -0.25) is 4.79 Å². The maximum atomic E-state index is 12.4. The maximum Gasteiger partial charge on any atom is 0.253 e. The van der Waals surface area contributed by atoms with Gasteiger partial charge in [0.25, 0.3) is 5.91 Å². The zero-order valence-corrected chi connectivity index (χ0v) is 15.5. The number of rotatable bonds is 2. The molecule has 2 N–H and O–H groups in total. The van der Waals surface area contributed by atoms with E-state index in [1.807, 2.05) is 47.7 Å². The first-order valence-electron chi connectivity index (χ1n) is 7.34. The highest BCUT2D eigenvalue weighted by Crippen LogP contribution is 2.23.